The van der Waals surface area contributed by atoms with E-state index in [2.05, 4.69) is 0 Å². The number of anilines is 1. The SMILES string of the molecule is C/C(=C\C=C\C(CCCS(=O)(=O)O)=[N+](CCCS(=O)(=O)O)c1ccc2c(S(=O)(=O)O)cc(S(=O)(=O)O)cc2c1C)N(CCCCCC(=O)O)c1ccc2c(S(=O)(=O)O)cc(S(=O)(=O)O)cc2c1C. The van der Waals surface area contributed by atoms with E-state index in [1.807, 2.05) is 0 Å². The summed E-state index contributed by atoms with van der Waals surface area (Å²) >= 11 is 0. The summed E-state index contributed by atoms with van der Waals surface area (Å²) in [6.45, 7) is 4.51. The highest BCUT2D eigenvalue weighted by molar-refractivity contribution is 7.87. The smallest absolute Gasteiger partial charge is 0.303 e. The van der Waals surface area contributed by atoms with Crippen molar-refractivity contribution in [3.8, 4) is 0 Å². The summed E-state index contributed by atoms with van der Waals surface area (Å²) in [5.41, 5.74) is 1.58. The average molecular weight is 1070 g/mol. The first-order valence-corrected chi connectivity index (χ1v) is 29.0. The summed E-state index contributed by atoms with van der Waals surface area (Å²) in [7, 11) is -29.3. The topological polar surface area (TPSA) is 370 Å². The molecule has 0 unspecified atom stereocenters. The molecular formula is C40H49N2O20S6+. The van der Waals surface area contributed by atoms with E-state index in [4.69, 9.17) is 5.11 Å². The van der Waals surface area contributed by atoms with Gasteiger partial charge in [0.2, 0.25) is 5.69 Å². The summed E-state index contributed by atoms with van der Waals surface area (Å²) < 4.78 is 206. The number of hydrogen-bond acceptors (Lipinski definition) is 14. The predicted octanol–water partition coefficient (Wildman–Crippen LogP) is 5.24. The number of unbranched alkanes of at least 4 members (excludes halogenated alkanes) is 2. The van der Waals surface area contributed by atoms with Gasteiger partial charge in [0, 0.05) is 65.7 Å². The van der Waals surface area contributed by atoms with Gasteiger partial charge in [-0.2, -0.15) is 55.1 Å². The minimum atomic E-state index is -5.11. The monoisotopic (exact) mass is 1070 g/mol. The summed E-state index contributed by atoms with van der Waals surface area (Å²) in [5.74, 6) is -2.54. The third-order valence-electron chi connectivity index (χ3n) is 10.6. The van der Waals surface area contributed by atoms with Gasteiger partial charge in [0.25, 0.3) is 60.7 Å². The Morgan fingerprint density at radius 2 is 1.09 bits per heavy atom. The summed E-state index contributed by atoms with van der Waals surface area (Å²) in [4.78, 5) is 9.52. The third kappa shape index (κ3) is 15.1. The van der Waals surface area contributed by atoms with Crippen LogP contribution in [0.15, 0.2) is 92.0 Å². The molecule has 0 saturated heterocycles. The van der Waals surface area contributed by atoms with Crippen molar-refractivity contribution in [3.05, 3.63) is 83.6 Å². The van der Waals surface area contributed by atoms with Crippen molar-refractivity contribution in [2.75, 3.05) is 29.5 Å². The number of aryl methyl sites for hydroxylation is 2. The lowest BCUT2D eigenvalue weighted by Gasteiger charge is -2.28. The number of hydrogen-bond donors (Lipinski definition) is 7. The van der Waals surface area contributed by atoms with Gasteiger partial charge in [0.15, 0.2) is 5.71 Å². The van der Waals surface area contributed by atoms with Crippen LogP contribution in [0.25, 0.3) is 21.5 Å². The lowest BCUT2D eigenvalue weighted by Crippen LogP contribution is -2.23. The highest BCUT2D eigenvalue weighted by Crippen LogP contribution is 2.37. The molecule has 0 aliphatic carbocycles. The Hall–Kier alpha value is -4.72. The summed E-state index contributed by atoms with van der Waals surface area (Å²) in [5, 5.41) is 8.79. The Kier molecular flexibility index (Phi) is 17.7. The number of carboxylic acids is 1. The van der Waals surface area contributed by atoms with Gasteiger partial charge in [-0.1, -0.05) is 18.6 Å². The van der Waals surface area contributed by atoms with E-state index in [9.17, 15) is 82.6 Å². The highest BCUT2D eigenvalue weighted by atomic mass is 32.2. The quantitative estimate of drug-likeness (QED) is 0.0164. The van der Waals surface area contributed by atoms with E-state index in [1.165, 1.54) is 54.8 Å². The average Bonchev–Trinajstić information content (AvgIpc) is 3.18. The van der Waals surface area contributed by atoms with Crippen LogP contribution >= 0.6 is 0 Å². The van der Waals surface area contributed by atoms with Crippen LogP contribution in [0, 0.1) is 13.8 Å². The second-order valence-electron chi connectivity index (χ2n) is 15.5. The number of benzene rings is 4. The van der Waals surface area contributed by atoms with Gasteiger partial charge in [-0.15, -0.1) is 0 Å². The Morgan fingerprint density at radius 3 is 1.57 bits per heavy atom. The number of aliphatic carboxylic acids is 1. The van der Waals surface area contributed by atoms with Crippen molar-refractivity contribution >= 4 is 105 Å². The molecule has 0 radical (unpaired) electrons. The van der Waals surface area contributed by atoms with Crippen molar-refractivity contribution < 1.29 is 92.3 Å². The molecule has 0 amide bonds. The van der Waals surface area contributed by atoms with Crippen molar-refractivity contribution in [1.29, 1.82) is 0 Å². The van der Waals surface area contributed by atoms with Gasteiger partial charge in [0.1, 0.15) is 16.3 Å². The minimum absolute atomic E-state index is 0.0117. The molecule has 4 aromatic rings. The molecule has 0 heterocycles. The Balaban J connectivity index is 2.02. The molecule has 0 spiro atoms. The molecule has 28 heteroatoms. The standard InChI is InChI=1S/C40H48N2O20S6/c1-26(41(18-6-4-5-13-40(43)44)36-16-14-32-34(27(36)2)22-30(65(51,52)53)24-38(32)67(57,58)59)10-7-11-29(12-8-20-63(45,46)47)42(19-9-21-64(48,49)50)37-17-15-33-35(28(37)3)23-31(66(54,55)56)25-39(33)68(60,61)62/h7,10-11,14-17,22-25H,4-6,8-9,12-13,18-21H2,1-3H3,(H6-,43,44,45,46,47,48,49,50,51,52,53,54,55,56,57,58,59,60,61,62)/p+1. The molecule has 7 N–H and O–H groups in total. The first kappa shape index (κ1) is 55.9. The number of carboxylic acid groups (broad SMARTS) is 1. The summed E-state index contributed by atoms with van der Waals surface area (Å²) in [6, 6.07) is 8.46. The zero-order valence-electron chi connectivity index (χ0n) is 36.4. The van der Waals surface area contributed by atoms with Crippen LogP contribution < -0.4 is 4.90 Å². The van der Waals surface area contributed by atoms with Crippen LogP contribution in [-0.4, -0.2) is 124 Å². The van der Waals surface area contributed by atoms with E-state index in [0.29, 0.717) is 42.8 Å². The first-order valence-electron chi connectivity index (χ1n) is 20.0. The lowest BCUT2D eigenvalue weighted by atomic mass is 10.0. The second-order valence-corrected chi connectivity index (χ2v) is 24.3. The number of allylic oxidation sites excluding steroid dienone is 4. The van der Waals surface area contributed by atoms with Gasteiger partial charge in [-0.3, -0.25) is 32.1 Å². The van der Waals surface area contributed by atoms with Crippen LogP contribution in [0.2, 0.25) is 0 Å². The fraction of sp³-hybridized carbons (Fsp3) is 0.350. The predicted molar refractivity (Wildman–Crippen MR) is 249 cm³/mol. The van der Waals surface area contributed by atoms with E-state index in [1.54, 1.807) is 17.9 Å². The van der Waals surface area contributed by atoms with E-state index >= 15 is 0 Å². The molecule has 0 bridgehead atoms. The maximum absolute atomic E-state index is 12.4. The van der Waals surface area contributed by atoms with E-state index in [-0.39, 0.29) is 82.8 Å². The number of fused-ring (bicyclic) bond motifs is 2. The molecule has 0 aliphatic rings. The molecule has 22 nitrogen and oxygen atoms in total. The van der Waals surface area contributed by atoms with Crippen molar-refractivity contribution in [2.45, 2.75) is 85.3 Å². The Morgan fingerprint density at radius 1 is 0.588 bits per heavy atom. The van der Waals surface area contributed by atoms with Crippen LogP contribution in [0.1, 0.15) is 63.0 Å². The molecule has 0 fully saturated rings. The molecule has 0 saturated carbocycles. The molecule has 4 aromatic carbocycles. The molecule has 0 atom stereocenters. The normalized spacial score (nSPS) is 13.9. The van der Waals surface area contributed by atoms with Gasteiger partial charge >= 0.3 is 5.97 Å². The third-order valence-corrected chi connectivity index (χ3v) is 15.7. The fourth-order valence-electron chi connectivity index (χ4n) is 7.49. The van der Waals surface area contributed by atoms with Gasteiger partial charge in [-0.25, -0.2) is 0 Å². The van der Waals surface area contributed by atoms with Gasteiger partial charge < -0.3 is 10.0 Å². The number of carbonyl (C=O) groups is 1. The number of rotatable bonds is 23. The fourth-order valence-corrected chi connectivity index (χ4v) is 11.2. The first-order chi connectivity index (χ1) is 31.1. The molecule has 4 rings (SSSR count). The highest BCUT2D eigenvalue weighted by Gasteiger charge is 2.27. The Bertz CT molecular complexity index is 3440. The molecular weight excluding hydrogens is 1020 g/mol. The van der Waals surface area contributed by atoms with Crippen molar-refractivity contribution in [2.24, 2.45) is 0 Å². The second kappa shape index (κ2) is 21.5. The summed E-state index contributed by atoms with van der Waals surface area (Å²) in [6.07, 6.45) is 4.81. The van der Waals surface area contributed by atoms with Crippen molar-refractivity contribution in [3.63, 3.8) is 0 Å². The van der Waals surface area contributed by atoms with Crippen molar-refractivity contribution in [1.82, 2.24) is 0 Å². The van der Waals surface area contributed by atoms with Crippen LogP contribution in [-0.2, 0) is 65.5 Å². The maximum atomic E-state index is 12.4. The zero-order chi connectivity index (χ0) is 51.4. The lowest BCUT2D eigenvalue weighted by molar-refractivity contribution is -0.441. The van der Waals surface area contributed by atoms with E-state index < -0.39 is 97.8 Å². The largest absolute Gasteiger partial charge is 0.481 e. The van der Waals surface area contributed by atoms with Crippen LogP contribution in [0.5, 0.6) is 0 Å². The minimum Gasteiger partial charge on any atom is -0.481 e. The number of nitrogens with zero attached hydrogens (tertiary/aromatic N) is 2. The molecule has 0 aromatic heterocycles. The van der Waals surface area contributed by atoms with Crippen LogP contribution in [0.4, 0.5) is 11.4 Å². The molecule has 374 valence electrons. The molecule has 68 heavy (non-hydrogen) atoms. The van der Waals surface area contributed by atoms with Crippen LogP contribution in [0.3, 0.4) is 0 Å². The van der Waals surface area contributed by atoms with Gasteiger partial charge in [-0.05, 0) is 98.8 Å². The maximum Gasteiger partial charge on any atom is 0.303 e. The van der Waals surface area contributed by atoms with Gasteiger partial charge in [0.05, 0.1) is 21.3 Å². The Labute approximate surface area is 393 Å². The van der Waals surface area contributed by atoms with E-state index in [0.717, 1.165) is 12.1 Å². The zero-order valence-corrected chi connectivity index (χ0v) is 41.3. The molecule has 0 aliphatic heterocycles.